The van der Waals surface area contributed by atoms with Gasteiger partial charge in [0, 0.05) is 12.5 Å². The van der Waals surface area contributed by atoms with Crippen molar-refractivity contribution in [2.24, 2.45) is 0 Å². The zero-order valence-corrected chi connectivity index (χ0v) is 11.6. The third-order valence-electron chi connectivity index (χ3n) is 2.71. The standard InChI is InChI=1S/C10H17N4O5P/c11-10-13-8(12-6-1-2-6)7(9(15)14-10)3-4-19-5-20(16,17)18/h6H,1-5H2,(H2,16,17,18)(H4,11,12,13,14,15). The molecule has 2 rings (SSSR count). The quantitative estimate of drug-likeness (QED) is 0.338. The number of nitrogen functional groups attached to an aromatic ring is 1. The predicted molar refractivity (Wildman–Crippen MR) is 72.5 cm³/mol. The van der Waals surface area contributed by atoms with Gasteiger partial charge < -0.3 is 25.6 Å². The second-order valence-electron chi connectivity index (χ2n) is 4.65. The van der Waals surface area contributed by atoms with E-state index in [1.807, 2.05) is 0 Å². The Kier molecular flexibility index (Phi) is 4.44. The van der Waals surface area contributed by atoms with Crippen LogP contribution in [-0.4, -0.2) is 38.8 Å². The fourth-order valence-electron chi connectivity index (χ4n) is 1.65. The lowest BCUT2D eigenvalue weighted by Gasteiger charge is -2.11. The fraction of sp³-hybridized carbons (Fsp3) is 0.600. The highest BCUT2D eigenvalue weighted by Gasteiger charge is 2.23. The van der Waals surface area contributed by atoms with Gasteiger partial charge in [0.2, 0.25) is 5.95 Å². The summed E-state index contributed by atoms with van der Waals surface area (Å²) in [6.07, 6.45) is 1.56. The van der Waals surface area contributed by atoms with Crippen molar-refractivity contribution in [2.45, 2.75) is 25.3 Å². The van der Waals surface area contributed by atoms with E-state index in [0.29, 0.717) is 17.4 Å². The van der Waals surface area contributed by atoms with Gasteiger partial charge in [-0.15, -0.1) is 0 Å². The minimum atomic E-state index is -4.19. The number of H-pyrrole nitrogens is 1. The van der Waals surface area contributed by atoms with Crippen molar-refractivity contribution in [1.82, 2.24) is 9.97 Å². The highest BCUT2D eigenvalue weighted by molar-refractivity contribution is 7.51. The Morgan fingerprint density at radius 2 is 2.20 bits per heavy atom. The first kappa shape index (κ1) is 15.0. The Bertz CT molecular complexity index is 580. The van der Waals surface area contributed by atoms with E-state index >= 15 is 0 Å². The molecule has 0 bridgehead atoms. The lowest BCUT2D eigenvalue weighted by Crippen LogP contribution is -2.22. The molecule has 1 heterocycles. The molecule has 1 fully saturated rings. The fourth-order valence-corrected chi connectivity index (χ4v) is 2.01. The van der Waals surface area contributed by atoms with Crippen LogP contribution in [0, 0.1) is 0 Å². The normalized spacial score (nSPS) is 15.3. The van der Waals surface area contributed by atoms with E-state index in [9.17, 15) is 9.36 Å². The van der Waals surface area contributed by atoms with Crippen molar-refractivity contribution < 1.29 is 19.1 Å². The van der Waals surface area contributed by atoms with Crippen LogP contribution in [0.4, 0.5) is 11.8 Å². The van der Waals surface area contributed by atoms with Gasteiger partial charge in [-0.1, -0.05) is 0 Å². The number of aromatic amines is 1. The minimum Gasteiger partial charge on any atom is -0.369 e. The maximum absolute atomic E-state index is 11.8. The molecule has 9 nitrogen and oxygen atoms in total. The van der Waals surface area contributed by atoms with Gasteiger partial charge in [-0.25, -0.2) is 0 Å². The number of nitrogens with zero attached hydrogens (tertiary/aromatic N) is 1. The summed E-state index contributed by atoms with van der Waals surface area (Å²) in [5.74, 6) is 0.437. The van der Waals surface area contributed by atoms with Crippen LogP contribution in [0.2, 0.25) is 0 Å². The van der Waals surface area contributed by atoms with Gasteiger partial charge in [0.1, 0.15) is 12.2 Å². The summed E-state index contributed by atoms with van der Waals surface area (Å²) in [4.78, 5) is 35.6. The van der Waals surface area contributed by atoms with Crippen LogP contribution in [0.3, 0.4) is 0 Å². The van der Waals surface area contributed by atoms with Gasteiger partial charge in [0.25, 0.3) is 5.56 Å². The predicted octanol–water partition coefficient (Wildman–Crippen LogP) is -0.379. The minimum absolute atomic E-state index is 0.0130. The van der Waals surface area contributed by atoms with E-state index in [1.54, 1.807) is 0 Å². The molecule has 112 valence electrons. The summed E-state index contributed by atoms with van der Waals surface area (Å²) in [5, 5.41) is 3.10. The third kappa shape index (κ3) is 4.61. The maximum Gasteiger partial charge on any atom is 0.350 e. The first-order valence-electron chi connectivity index (χ1n) is 6.12. The Labute approximate surface area is 114 Å². The Balaban J connectivity index is 2.01. The summed E-state index contributed by atoms with van der Waals surface area (Å²) in [6, 6.07) is 0.304. The second kappa shape index (κ2) is 5.92. The van der Waals surface area contributed by atoms with Gasteiger partial charge in [0.05, 0.1) is 12.2 Å². The summed E-state index contributed by atoms with van der Waals surface area (Å²) in [6.45, 7) is 0.0130. The number of aromatic nitrogens is 2. The highest BCUT2D eigenvalue weighted by atomic mass is 31.2. The van der Waals surface area contributed by atoms with Crippen LogP contribution in [0.15, 0.2) is 4.79 Å². The molecule has 0 amide bonds. The van der Waals surface area contributed by atoms with E-state index in [0.717, 1.165) is 12.8 Å². The number of hydrogen-bond donors (Lipinski definition) is 5. The number of nitrogens with two attached hydrogens (primary N) is 1. The first-order chi connectivity index (χ1) is 9.35. The van der Waals surface area contributed by atoms with E-state index in [4.69, 9.17) is 20.3 Å². The molecule has 10 heteroatoms. The van der Waals surface area contributed by atoms with Crippen molar-refractivity contribution >= 4 is 19.4 Å². The van der Waals surface area contributed by atoms with Crippen molar-refractivity contribution in [3.8, 4) is 0 Å². The number of rotatable bonds is 7. The molecule has 1 saturated carbocycles. The van der Waals surface area contributed by atoms with E-state index in [1.165, 1.54) is 0 Å². The topological polar surface area (TPSA) is 151 Å². The van der Waals surface area contributed by atoms with Crippen LogP contribution in [-0.2, 0) is 15.7 Å². The van der Waals surface area contributed by atoms with E-state index in [2.05, 4.69) is 15.3 Å². The SMILES string of the molecule is Nc1nc(NC2CC2)c(CCOCP(=O)(O)O)c(=O)[nH]1. The molecule has 0 radical (unpaired) electrons. The van der Waals surface area contributed by atoms with Crippen molar-refractivity contribution in [3.63, 3.8) is 0 Å². The smallest absolute Gasteiger partial charge is 0.350 e. The molecular weight excluding hydrogens is 287 g/mol. The first-order valence-corrected chi connectivity index (χ1v) is 7.92. The Hall–Kier alpha value is -1.41. The summed E-state index contributed by atoms with van der Waals surface area (Å²) in [5.41, 5.74) is 5.49. The van der Waals surface area contributed by atoms with Crippen LogP contribution in [0.1, 0.15) is 18.4 Å². The molecule has 0 aliphatic heterocycles. The van der Waals surface area contributed by atoms with Gasteiger partial charge >= 0.3 is 7.60 Å². The van der Waals surface area contributed by atoms with E-state index < -0.39 is 13.9 Å². The molecule has 20 heavy (non-hydrogen) atoms. The zero-order valence-electron chi connectivity index (χ0n) is 10.7. The molecule has 1 aliphatic rings. The van der Waals surface area contributed by atoms with Crippen molar-refractivity contribution in [1.29, 1.82) is 0 Å². The molecule has 1 aromatic rings. The number of hydrogen-bond acceptors (Lipinski definition) is 6. The van der Waals surface area contributed by atoms with E-state index in [-0.39, 0.29) is 24.5 Å². The number of anilines is 2. The van der Waals surface area contributed by atoms with Crippen LogP contribution in [0.5, 0.6) is 0 Å². The summed E-state index contributed by atoms with van der Waals surface area (Å²) < 4.78 is 15.5. The summed E-state index contributed by atoms with van der Waals surface area (Å²) in [7, 11) is -4.19. The Morgan fingerprint density at radius 1 is 1.50 bits per heavy atom. The zero-order chi connectivity index (χ0) is 14.8. The van der Waals surface area contributed by atoms with Gasteiger partial charge in [0.15, 0.2) is 0 Å². The average molecular weight is 304 g/mol. The molecule has 6 N–H and O–H groups in total. The average Bonchev–Trinajstić information content (AvgIpc) is 3.09. The third-order valence-corrected chi connectivity index (χ3v) is 3.23. The molecular formula is C10H17N4O5P. The lowest BCUT2D eigenvalue weighted by atomic mass is 10.2. The highest BCUT2D eigenvalue weighted by Crippen LogP contribution is 2.33. The van der Waals surface area contributed by atoms with Gasteiger partial charge in [-0.2, -0.15) is 4.98 Å². The lowest BCUT2D eigenvalue weighted by molar-refractivity contribution is 0.160. The summed E-state index contributed by atoms with van der Waals surface area (Å²) >= 11 is 0. The van der Waals surface area contributed by atoms with Crippen molar-refractivity contribution in [2.75, 3.05) is 24.0 Å². The molecule has 0 unspecified atom stereocenters. The molecule has 0 aromatic carbocycles. The molecule has 1 aromatic heterocycles. The van der Waals surface area contributed by atoms with Gasteiger partial charge in [-0.05, 0) is 12.8 Å². The molecule has 0 spiro atoms. The monoisotopic (exact) mass is 304 g/mol. The largest absolute Gasteiger partial charge is 0.369 e. The Morgan fingerprint density at radius 3 is 2.80 bits per heavy atom. The second-order valence-corrected chi connectivity index (χ2v) is 6.24. The van der Waals surface area contributed by atoms with Crippen LogP contribution < -0.4 is 16.6 Å². The van der Waals surface area contributed by atoms with Crippen LogP contribution in [0.25, 0.3) is 0 Å². The van der Waals surface area contributed by atoms with Crippen molar-refractivity contribution in [3.05, 3.63) is 15.9 Å². The van der Waals surface area contributed by atoms with Crippen LogP contribution >= 0.6 is 7.60 Å². The molecule has 0 saturated heterocycles. The van der Waals surface area contributed by atoms with Gasteiger partial charge in [-0.3, -0.25) is 14.3 Å². The number of ether oxygens (including phenoxy) is 1. The maximum atomic E-state index is 11.8. The molecule has 1 aliphatic carbocycles. The molecule has 0 atom stereocenters. The number of nitrogens with one attached hydrogen (secondary N) is 2.